The van der Waals surface area contributed by atoms with Crippen LogP contribution in [0.1, 0.15) is 19.4 Å². The molecule has 2 aromatic carbocycles. The van der Waals surface area contributed by atoms with Gasteiger partial charge in [-0.05, 0) is 43.7 Å². The number of guanidine groups is 1. The minimum Gasteiger partial charge on any atom is -0.489 e. The summed E-state index contributed by atoms with van der Waals surface area (Å²) < 4.78 is 44.4. The van der Waals surface area contributed by atoms with E-state index in [-0.39, 0.29) is 40.8 Å². The number of halogens is 2. The fourth-order valence-electron chi connectivity index (χ4n) is 2.54. The second kappa shape index (κ2) is 12.8. The average Bonchev–Trinajstić information content (AvgIpc) is 2.70. The highest BCUT2D eigenvalue weighted by Crippen LogP contribution is 2.15. The minimum atomic E-state index is -3.44. The highest BCUT2D eigenvalue weighted by atomic mass is 127. The van der Waals surface area contributed by atoms with E-state index in [9.17, 15) is 12.8 Å². The number of nitrogens with one attached hydrogen (secondary N) is 2. The lowest BCUT2D eigenvalue weighted by molar-refractivity contribution is 0.223. The van der Waals surface area contributed by atoms with Crippen molar-refractivity contribution in [1.82, 2.24) is 14.9 Å². The summed E-state index contributed by atoms with van der Waals surface area (Å²) in [5.74, 6) is 0.739. The summed E-state index contributed by atoms with van der Waals surface area (Å²) in [5.41, 5.74) is 0.883. The molecule has 0 aromatic heterocycles. The minimum absolute atomic E-state index is 0. The molecule has 1 unspecified atom stereocenters. The maximum absolute atomic E-state index is 13.3. The summed E-state index contributed by atoms with van der Waals surface area (Å²) in [6.07, 6.45) is -0.203. The van der Waals surface area contributed by atoms with E-state index in [0.29, 0.717) is 31.3 Å². The third-order valence-electron chi connectivity index (χ3n) is 4.16. The van der Waals surface area contributed by atoms with Crippen molar-refractivity contribution in [1.29, 1.82) is 0 Å². The number of nitrogens with zero attached hydrogens (tertiary/aromatic N) is 2. The number of benzene rings is 2. The van der Waals surface area contributed by atoms with Gasteiger partial charge >= 0.3 is 0 Å². The van der Waals surface area contributed by atoms with Crippen LogP contribution in [0.3, 0.4) is 0 Å². The van der Waals surface area contributed by atoms with Gasteiger partial charge in [0.15, 0.2) is 5.96 Å². The van der Waals surface area contributed by atoms with Gasteiger partial charge in [0.25, 0.3) is 0 Å². The van der Waals surface area contributed by atoms with E-state index in [4.69, 9.17) is 4.74 Å². The van der Waals surface area contributed by atoms with Crippen LogP contribution in [-0.4, -0.2) is 52.0 Å². The number of sulfonamides is 1. The van der Waals surface area contributed by atoms with Gasteiger partial charge < -0.3 is 15.4 Å². The van der Waals surface area contributed by atoms with Crippen molar-refractivity contribution in [2.24, 2.45) is 4.99 Å². The Morgan fingerprint density at radius 1 is 1.16 bits per heavy atom. The molecule has 2 aromatic rings. The van der Waals surface area contributed by atoms with Crippen molar-refractivity contribution in [3.63, 3.8) is 0 Å². The molecule has 2 rings (SSSR count). The van der Waals surface area contributed by atoms with Crippen molar-refractivity contribution in [2.75, 3.05) is 27.2 Å². The largest absolute Gasteiger partial charge is 0.489 e. The highest BCUT2D eigenvalue weighted by molar-refractivity contribution is 14.0. The Hall–Kier alpha value is -1.92. The van der Waals surface area contributed by atoms with E-state index in [1.807, 2.05) is 13.8 Å². The second-order valence-corrected chi connectivity index (χ2v) is 9.05. The van der Waals surface area contributed by atoms with Gasteiger partial charge in [0, 0.05) is 26.7 Å². The molecule has 0 saturated carbocycles. The first-order valence-electron chi connectivity index (χ1n) is 9.68. The van der Waals surface area contributed by atoms with E-state index < -0.39 is 10.0 Å². The number of ether oxygens (including phenoxy) is 1. The predicted molar refractivity (Wildman–Crippen MR) is 132 cm³/mol. The van der Waals surface area contributed by atoms with Gasteiger partial charge in [-0.3, -0.25) is 0 Å². The molecule has 31 heavy (non-hydrogen) atoms. The zero-order chi connectivity index (χ0) is 22.1. The van der Waals surface area contributed by atoms with Gasteiger partial charge in [-0.15, -0.1) is 24.0 Å². The highest BCUT2D eigenvalue weighted by Gasteiger charge is 2.16. The molecule has 10 heteroatoms. The quantitative estimate of drug-likeness (QED) is 0.278. The van der Waals surface area contributed by atoms with Gasteiger partial charge in [-0.1, -0.05) is 18.2 Å². The summed E-state index contributed by atoms with van der Waals surface area (Å²) in [7, 11) is -0.443. The van der Waals surface area contributed by atoms with Crippen LogP contribution in [0.2, 0.25) is 0 Å². The van der Waals surface area contributed by atoms with Crippen molar-refractivity contribution in [3.05, 3.63) is 59.9 Å². The van der Waals surface area contributed by atoms with Crippen LogP contribution < -0.4 is 15.4 Å². The monoisotopic (exact) mass is 564 g/mol. The van der Waals surface area contributed by atoms with Gasteiger partial charge in [-0.2, -0.15) is 0 Å². The summed E-state index contributed by atoms with van der Waals surface area (Å²) >= 11 is 0. The van der Waals surface area contributed by atoms with E-state index in [0.717, 1.165) is 5.56 Å². The van der Waals surface area contributed by atoms with Crippen LogP contribution in [0.4, 0.5) is 4.39 Å². The van der Waals surface area contributed by atoms with E-state index >= 15 is 0 Å². The summed E-state index contributed by atoms with van der Waals surface area (Å²) in [4.78, 5) is 4.77. The van der Waals surface area contributed by atoms with Crippen molar-refractivity contribution < 1.29 is 17.5 Å². The van der Waals surface area contributed by atoms with E-state index in [1.54, 1.807) is 36.4 Å². The molecule has 0 fully saturated rings. The zero-order valence-corrected chi connectivity index (χ0v) is 21.3. The van der Waals surface area contributed by atoms with Crippen LogP contribution in [0, 0.1) is 5.82 Å². The fraction of sp³-hybridized carbons (Fsp3) is 0.381. The first-order valence-corrected chi connectivity index (χ1v) is 11.1. The Morgan fingerprint density at radius 3 is 2.42 bits per heavy atom. The smallest absolute Gasteiger partial charge is 0.242 e. The third kappa shape index (κ3) is 8.62. The number of rotatable bonds is 9. The topological polar surface area (TPSA) is 83.0 Å². The van der Waals surface area contributed by atoms with Gasteiger partial charge in [0.1, 0.15) is 17.7 Å². The second-order valence-electron chi connectivity index (χ2n) is 6.89. The molecule has 2 N–H and O–H groups in total. The Morgan fingerprint density at radius 2 is 1.84 bits per heavy atom. The lowest BCUT2D eigenvalue weighted by Gasteiger charge is -2.17. The molecule has 172 valence electrons. The molecule has 0 saturated heterocycles. The molecule has 0 aliphatic carbocycles. The number of hydrogen-bond donors (Lipinski definition) is 2. The third-order valence-corrected chi connectivity index (χ3v) is 5.99. The molecular weight excluding hydrogens is 534 g/mol. The van der Waals surface area contributed by atoms with Crippen LogP contribution in [-0.2, 0) is 16.6 Å². The Labute approximate surface area is 201 Å². The molecule has 0 aliphatic heterocycles. The Kier molecular flexibility index (Phi) is 11.2. The first kappa shape index (κ1) is 27.1. The molecule has 0 bridgehead atoms. The summed E-state index contributed by atoms with van der Waals surface area (Å²) in [6.45, 7) is 5.39. The predicted octanol–water partition coefficient (Wildman–Crippen LogP) is 3.22. The van der Waals surface area contributed by atoms with Crippen molar-refractivity contribution in [3.8, 4) is 5.75 Å². The van der Waals surface area contributed by atoms with Gasteiger partial charge in [0.2, 0.25) is 10.0 Å². The lowest BCUT2D eigenvalue weighted by atomic mass is 10.2. The number of aliphatic imine (C=N–C) groups is 1. The maximum atomic E-state index is 13.3. The van der Waals surface area contributed by atoms with Crippen LogP contribution in [0.15, 0.2) is 58.4 Å². The summed E-state index contributed by atoms with van der Waals surface area (Å²) in [6, 6.07) is 12.7. The molecule has 0 radical (unpaired) electrons. The maximum Gasteiger partial charge on any atom is 0.242 e. The standard InChI is InChI=1S/C21H29FN4O3S.HI/c1-5-23-21(24-14-16(2)29-19-8-6-7-18(22)13-19)25-15-17-9-11-20(12-10-17)30(27,28)26(3)4;/h6-13,16H,5,14-15H2,1-4H3,(H2,23,24,25);1H. The molecule has 7 nitrogen and oxygen atoms in total. The van der Waals surface area contributed by atoms with E-state index in [1.165, 1.54) is 30.5 Å². The molecule has 0 heterocycles. The van der Waals surface area contributed by atoms with Crippen molar-refractivity contribution in [2.45, 2.75) is 31.4 Å². The Balaban J connectivity index is 0.00000480. The summed E-state index contributed by atoms with van der Waals surface area (Å²) in [5, 5.41) is 6.35. The lowest BCUT2D eigenvalue weighted by Crippen LogP contribution is -2.41. The average molecular weight is 564 g/mol. The van der Waals surface area contributed by atoms with Crippen LogP contribution in [0.25, 0.3) is 0 Å². The molecular formula is C21H30FIN4O3S. The van der Waals surface area contributed by atoms with Gasteiger partial charge in [-0.25, -0.2) is 22.1 Å². The molecule has 0 aliphatic rings. The Bertz CT molecular complexity index is 953. The van der Waals surface area contributed by atoms with E-state index in [2.05, 4.69) is 15.6 Å². The van der Waals surface area contributed by atoms with Crippen LogP contribution >= 0.6 is 24.0 Å². The van der Waals surface area contributed by atoms with Crippen LogP contribution in [0.5, 0.6) is 5.75 Å². The molecule has 0 spiro atoms. The zero-order valence-electron chi connectivity index (χ0n) is 18.1. The van der Waals surface area contributed by atoms with Gasteiger partial charge in [0.05, 0.1) is 18.0 Å². The normalized spacial score (nSPS) is 12.8. The molecule has 0 amide bonds. The SMILES string of the molecule is CCNC(=NCc1ccc(S(=O)(=O)N(C)C)cc1)NCC(C)Oc1cccc(F)c1.I. The molecule has 1 atom stereocenters. The fourth-order valence-corrected chi connectivity index (χ4v) is 3.45. The first-order chi connectivity index (χ1) is 14.2. The van der Waals surface area contributed by atoms with Crippen molar-refractivity contribution >= 4 is 40.0 Å². The number of hydrogen-bond acceptors (Lipinski definition) is 4.